The van der Waals surface area contributed by atoms with Crippen molar-refractivity contribution in [1.29, 1.82) is 0 Å². The average molecular weight is 278 g/mol. The lowest BCUT2D eigenvalue weighted by Crippen LogP contribution is -2.31. The van der Waals surface area contributed by atoms with Gasteiger partial charge in [0.1, 0.15) is 0 Å². The van der Waals surface area contributed by atoms with Gasteiger partial charge in [0.25, 0.3) is 0 Å². The third-order valence-electron chi connectivity index (χ3n) is 2.83. The highest BCUT2D eigenvalue weighted by atomic mass is 16.7. The second-order valence-corrected chi connectivity index (χ2v) is 4.52. The number of nitrogens with zero attached hydrogens (tertiary/aromatic N) is 3. The van der Waals surface area contributed by atoms with Crippen molar-refractivity contribution in [1.82, 2.24) is 19.9 Å². The largest absolute Gasteiger partial charge is 0.352 e. The lowest BCUT2D eigenvalue weighted by atomic mass is 10.3. The summed E-state index contributed by atoms with van der Waals surface area (Å²) in [6.45, 7) is 8.53. The monoisotopic (exact) mass is 278 g/mol. The third-order valence-corrected chi connectivity index (χ3v) is 2.83. The molecule has 0 aliphatic carbocycles. The summed E-state index contributed by atoms with van der Waals surface area (Å²) in [7, 11) is 0. The van der Waals surface area contributed by atoms with E-state index in [9.17, 15) is 0 Å². The summed E-state index contributed by atoms with van der Waals surface area (Å²) >= 11 is 0. The minimum Gasteiger partial charge on any atom is -0.352 e. The smallest absolute Gasteiger partial charge is 0.169 e. The molecule has 1 N–H and O–H groups in total. The average Bonchev–Trinajstić information content (AvgIpc) is 2.78. The molecule has 2 aromatic rings. The fourth-order valence-corrected chi connectivity index (χ4v) is 2.00. The molecule has 110 valence electrons. The maximum Gasteiger partial charge on any atom is 0.169 e. The zero-order chi connectivity index (χ0) is 14.4. The van der Waals surface area contributed by atoms with Gasteiger partial charge in [-0.2, -0.15) is 5.10 Å². The number of aromatic nitrogens is 3. The van der Waals surface area contributed by atoms with Crippen molar-refractivity contribution in [3.05, 3.63) is 29.7 Å². The highest BCUT2D eigenvalue weighted by Gasteiger charge is 2.07. The van der Waals surface area contributed by atoms with Gasteiger partial charge in [0, 0.05) is 50.3 Å². The molecule has 0 atom stereocenters. The minimum atomic E-state index is -0.200. The molecule has 0 saturated carbocycles. The van der Waals surface area contributed by atoms with Crippen molar-refractivity contribution < 1.29 is 9.47 Å². The van der Waals surface area contributed by atoms with Gasteiger partial charge >= 0.3 is 0 Å². The molecule has 0 fully saturated rings. The summed E-state index contributed by atoms with van der Waals surface area (Å²) in [5.41, 5.74) is 2.91. The van der Waals surface area contributed by atoms with Crippen LogP contribution in [-0.2, 0) is 16.0 Å². The first-order chi connectivity index (χ1) is 9.72. The van der Waals surface area contributed by atoms with Crippen LogP contribution in [0.4, 0.5) is 0 Å². The Kier molecular flexibility index (Phi) is 5.46. The van der Waals surface area contributed by atoms with Crippen LogP contribution in [0.15, 0.2) is 18.5 Å². The standard InChI is InChI=1S/C14H22N4O2/c1-4-19-14(20-5-2)9-15-7-12-8-16-13-6-11(3)17-18(13)10-12/h6,8,10,14-15H,4-5,7,9H2,1-3H3. The first-order valence-corrected chi connectivity index (χ1v) is 6.97. The normalized spacial score (nSPS) is 11.6. The SMILES string of the molecule is CCOC(CNCc1cnc2cc(C)nn2c1)OCC. The number of nitrogens with one attached hydrogen (secondary N) is 1. The first-order valence-electron chi connectivity index (χ1n) is 6.97. The molecule has 2 aromatic heterocycles. The quantitative estimate of drug-likeness (QED) is 0.742. The predicted molar refractivity (Wildman–Crippen MR) is 76.5 cm³/mol. The van der Waals surface area contributed by atoms with Crippen molar-refractivity contribution in [2.24, 2.45) is 0 Å². The molecule has 2 rings (SSSR count). The number of ether oxygens (including phenoxy) is 2. The molecule has 0 aliphatic heterocycles. The lowest BCUT2D eigenvalue weighted by molar-refractivity contribution is -0.133. The van der Waals surface area contributed by atoms with Crippen LogP contribution >= 0.6 is 0 Å². The summed E-state index contributed by atoms with van der Waals surface area (Å²) in [5.74, 6) is 0. The molecular weight excluding hydrogens is 256 g/mol. The van der Waals surface area contributed by atoms with Gasteiger partial charge in [-0.1, -0.05) is 0 Å². The Labute approximate surface area is 119 Å². The summed E-state index contributed by atoms with van der Waals surface area (Å²) < 4.78 is 12.8. The van der Waals surface area contributed by atoms with Crippen LogP contribution in [0.3, 0.4) is 0 Å². The van der Waals surface area contributed by atoms with Gasteiger partial charge in [-0.3, -0.25) is 0 Å². The summed E-state index contributed by atoms with van der Waals surface area (Å²) in [4.78, 5) is 4.37. The number of rotatable bonds is 8. The van der Waals surface area contributed by atoms with E-state index in [-0.39, 0.29) is 6.29 Å². The van der Waals surface area contributed by atoms with Gasteiger partial charge in [-0.25, -0.2) is 9.50 Å². The molecule has 20 heavy (non-hydrogen) atoms. The van der Waals surface area contributed by atoms with Gasteiger partial charge in [-0.15, -0.1) is 0 Å². The van der Waals surface area contributed by atoms with Crippen LogP contribution in [-0.4, -0.2) is 40.6 Å². The van der Waals surface area contributed by atoms with Gasteiger partial charge in [0.15, 0.2) is 11.9 Å². The molecule has 6 nitrogen and oxygen atoms in total. The Morgan fingerprint density at radius 1 is 1.30 bits per heavy atom. The van der Waals surface area contributed by atoms with E-state index in [1.165, 1.54) is 0 Å². The molecule has 0 unspecified atom stereocenters. The van der Waals surface area contributed by atoms with Crippen LogP contribution in [0.25, 0.3) is 5.65 Å². The molecule has 0 radical (unpaired) electrons. The zero-order valence-electron chi connectivity index (χ0n) is 12.3. The fourth-order valence-electron chi connectivity index (χ4n) is 2.00. The molecule has 0 saturated heterocycles. The van der Waals surface area contributed by atoms with E-state index in [1.807, 2.05) is 39.2 Å². The highest BCUT2D eigenvalue weighted by Crippen LogP contribution is 2.04. The van der Waals surface area contributed by atoms with E-state index in [0.29, 0.717) is 26.3 Å². The second-order valence-electron chi connectivity index (χ2n) is 4.52. The molecule has 2 heterocycles. The van der Waals surface area contributed by atoms with Crippen LogP contribution in [0.2, 0.25) is 0 Å². The van der Waals surface area contributed by atoms with E-state index in [4.69, 9.17) is 9.47 Å². The minimum absolute atomic E-state index is 0.200. The van der Waals surface area contributed by atoms with Crippen molar-refractivity contribution in [2.45, 2.75) is 33.6 Å². The van der Waals surface area contributed by atoms with E-state index < -0.39 is 0 Å². The van der Waals surface area contributed by atoms with Crippen molar-refractivity contribution >= 4 is 5.65 Å². The van der Waals surface area contributed by atoms with Gasteiger partial charge in [0.2, 0.25) is 0 Å². The van der Waals surface area contributed by atoms with Crippen LogP contribution in [0, 0.1) is 6.92 Å². The van der Waals surface area contributed by atoms with E-state index in [2.05, 4.69) is 15.4 Å². The number of aryl methyl sites for hydroxylation is 1. The van der Waals surface area contributed by atoms with E-state index in [1.54, 1.807) is 4.52 Å². The summed E-state index contributed by atoms with van der Waals surface area (Å²) in [6.07, 6.45) is 3.65. The maximum atomic E-state index is 5.48. The Balaban J connectivity index is 1.88. The van der Waals surface area contributed by atoms with Gasteiger partial charge in [-0.05, 0) is 20.8 Å². The summed E-state index contributed by atoms with van der Waals surface area (Å²) in [6, 6.07) is 1.96. The van der Waals surface area contributed by atoms with Crippen LogP contribution < -0.4 is 5.32 Å². The van der Waals surface area contributed by atoms with Crippen molar-refractivity contribution in [3.8, 4) is 0 Å². The topological polar surface area (TPSA) is 60.7 Å². The predicted octanol–water partition coefficient (Wildman–Crippen LogP) is 1.53. The Morgan fingerprint density at radius 2 is 2.05 bits per heavy atom. The number of fused-ring (bicyclic) bond motifs is 1. The van der Waals surface area contributed by atoms with E-state index in [0.717, 1.165) is 16.9 Å². The van der Waals surface area contributed by atoms with Crippen LogP contribution in [0.1, 0.15) is 25.1 Å². The molecule has 0 amide bonds. The van der Waals surface area contributed by atoms with Gasteiger partial charge in [0.05, 0.1) is 5.69 Å². The molecule has 6 heteroatoms. The van der Waals surface area contributed by atoms with E-state index >= 15 is 0 Å². The zero-order valence-corrected chi connectivity index (χ0v) is 12.3. The Bertz CT molecular complexity index is 535. The van der Waals surface area contributed by atoms with Crippen molar-refractivity contribution in [2.75, 3.05) is 19.8 Å². The highest BCUT2D eigenvalue weighted by molar-refractivity contribution is 5.38. The maximum absolute atomic E-state index is 5.48. The third kappa shape index (κ3) is 4.00. The van der Waals surface area contributed by atoms with Crippen molar-refractivity contribution in [3.63, 3.8) is 0 Å². The number of hydrogen-bond acceptors (Lipinski definition) is 5. The number of hydrogen-bond donors (Lipinski definition) is 1. The fraction of sp³-hybridized carbons (Fsp3) is 0.571. The summed E-state index contributed by atoms with van der Waals surface area (Å²) in [5, 5.41) is 7.66. The van der Waals surface area contributed by atoms with Crippen LogP contribution in [0.5, 0.6) is 0 Å². The Morgan fingerprint density at radius 3 is 2.75 bits per heavy atom. The molecule has 0 bridgehead atoms. The molecule has 0 spiro atoms. The molecule has 0 aromatic carbocycles. The second kappa shape index (κ2) is 7.33. The lowest BCUT2D eigenvalue weighted by Gasteiger charge is -2.17. The van der Waals surface area contributed by atoms with Gasteiger partial charge < -0.3 is 14.8 Å². The molecular formula is C14H22N4O2. The first kappa shape index (κ1) is 14.9. The molecule has 0 aliphatic rings. The Hall–Kier alpha value is -1.50.